The van der Waals surface area contributed by atoms with Gasteiger partial charge in [-0.1, -0.05) is 26.0 Å². The molecule has 19 heavy (non-hydrogen) atoms. The van der Waals surface area contributed by atoms with E-state index in [2.05, 4.69) is 31.3 Å². The Morgan fingerprint density at radius 1 is 1.16 bits per heavy atom. The van der Waals surface area contributed by atoms with Crippen LogP contribution in [0.15, 0.2) is 24.3 Å². The van der Waals surface area contributed by atoms with E-state index in [1.54, 1.807) is 14.2 Å². The highest BCUT2D eigenvalue weighted by Gasteiger charge is 2.17. The summed E-state index contributed by atoms with van der Waals surface area (Å²) in [5, 5.41) is 3.45. The van der Waals surface area contributed by atoms with Crippen LogP contribution in [0.5, 0.6) is 5.75 Å². The Morgan fingerprint density at radius 3 is 2.37 bits per heavy atom. The Kier molecular flexibility index (Phi) is 7.53. The molecule has 0 aromatic heterocycles. The monoisotopic (exact) mass is 265 g/mol. The van der Waals surface area contributed by atoms with Crippen molar-refractivity contribution in [3.05, 3.63) is 29.8 Å². The molecule has 0 heterocycles. The first-order chi connectivity index (χ1) is 9.21. The highest BCUT2D eigenvalue weighted by Crippen LogP contribution is 2.19. The lowest BCUT2D eigenvalue weighted by Gasteiger charge is -2.24. The van der Waals surface area contributed by atoms with Crippen molar-refractivity contribution in [2.24, 2.45) is 11.8 Å². The summed E-state index contributed by atoms with van der Waals surface area (Å²) >= 11 is 0. The molecule has 1 rings (SSSR count). The minimum absolute atomic E-state index is 0.547. The van der Waals surface area contributed by atoms with Crippen LogP contribution in [0, 0.1) is 11.8 Å². The fraction of sp³-hybridized carbons (Fsp3) is 0.625. The summed E-state index contributed by atoms with van der Waals surface area (Å²) in [6, 6.07) is 8.36. The van der Waals surface area contributed by atoms with Gasteiger partial charge in [-0.3, -0.25) is 0 Å². The van der Waals surface area contributed by atoms with Crippen molar-refractivity contribution in [2.75, 3.05) is 33.9 Å². The van der Waals surface area contributed by atoms with Crippen molar-refractivity contribution in [3.8, 4) is 5.75 Å². The molecule has 1 aromatic carbocycles. The van der Waals surface area contributed by atoms with Gasteiger partial charge >= 0.3 is 0 Å². The van der Waals surface area contributed by atoms with E-state index in [-0.39, 0.29) is 0 Å². The Bertz CT molecular complexity index is 337. The van der Waals surface area contributed by atoms with Crippen LogP contribution in [0.2, 0.25) is 0 Å². The van der Waals surface area contributed by atoms with Crippen molar-refractivity contribution < 1.29 is 9.47 Å². The van der Waals surface area contributed by atoms with Gasteiger partial charge in [0.15, 0.2) is 0 Å². The molecule has 0 bridgehead atoms. The molecule has 1 aromatic rings. The van der Waals surface area contributed by atoms with Crippen LogP contribution in [0.1, 0.15) is 19.4 Å². The molecule has 0 saturated heterocycles. The van der Waals surface area contributed by atoms with Gasteiger partial charge in [-0.15, -0.1) is 0 Å². The number of methoxy groups -OCH3 is 2. The number of hydrogen-bond acceptors (Lipinski definition) is 3. The smallest absolute Gasteiger partial charge is 0.118 e. The Labute approximate surface area is 117 Å². The van der Waals surface area contributed by atoms with Crippen molar-refractivity contribution >= 4 is 0 Å². The molecule has 0 amide bonds. The predicted molar refractivity (Wildman–Crippen MR) is 79.8 cm³/mol. The molecule has 3 nitrogen and oxygen atoms in total. The summed E-state index contributed by atoms with van der Waals surface area (Å²) in [5.41, 5.74) is 1.35. The number of benzene rings is 1. The van der Waals surface area contributed by atoms with Gasteiger partial charge in [-0.25, -0.2) is 0 Å². The Balaban J connectivity index is 2.63. The van der Waals surface area contributed by atoms with Crippen molar-refractivity contribution in [3.63, 3.8) is 0 Å². The third kappa shape index (κ3) is 5.62. The van der Waals surface area contributed by atoms with Crippen LogP contribution in [-0.4, -0.2) is 33.9 Å². The van der Waals surface area contributed by atoms with Gasteiger partial charge in [0.25, 0.3) is 0 Å². The number of rotatable bonds is 9. The molecule has 0 spiro atoms. The second-order valence-corrected chi connectivity index (χ2v) is 5.05. The second-order valence-electron chi connectivity index (χ2n) is 5.05. The fourth-order valence-corrected chi connectivity index (χ4v) is 2.27. The molecule has 0 radical (unpaired) electrons. The zero-order valence-corrected chi connectivity index (χ0v) is 12.6. The quantitative estimate of drug-likeness (QED) is 0.745. The average molecular weight is 265 g/mol. The minimum Gasteiger partial charge on any atom is -0.497 e. The Hall–Kier alpha value is -1.06. The maximum Gasteiger partial charge on any atom is 0.118 e. The van der Waals surface area contributed by atoms with E-state index in [0.717, 1.165) is 31.9 Å². The standard InChI is InChI=1S/C16H27NO2/c1-5-17-11-15(13(2)12-18-3)10-14-6-8-16(19-4)9-7-14/h6-9,13,15,17H,5,10-12H2,1-4H3. The molecular weight excluding hydrogens is 238 g/mol. The second kappa shape index (κ2) is 8.94. The molecule has 0 aliphatic rings. The summed E-state index contributed by atoms with van der Waals surface area (Å²) < 4.78 is 10.5. The van der Waals surface area contributed by atoms with Gasteiger partial charge in [0, 0.05) is 13.7 Å². The van der Waals surface area contributed by atoms with Crippen LogP contribution in [0.25, 0.3) is 0 Å². The van der Waals surface area contributed by atoms with Gasteiger partial charge in [0.2, 0.25) is 0 Å². The summed E-state index contributed by atoms with van der Waals surface area (Å²) in [6.07, 6.45) is 1.07. The number of nitrogens with one attached hydrogen (secondary N) is 1. The third-order valence-corrected chi connectivity index (χ3v) is 3.55. The maximum absolute atomic E-state index is 5.29. The fourth-order valence-electron chi connectivity index (χ4n) is 2.27. The van der Waals surface area contributed by atoms with E-state index in [0.29, 0.717) is 11.8 Å². The molecule has 2 atom stereocenters. The van der Waals surface area contributed by atoms with E-state index in [4.69, 9.17) is 9.47 Å². The zero-order valence-electron chi connectivity index (χ0n) is 12.6. The topological polar surface area (TPSA) is 30.5 Å². The molecule has 0 fully saturated rings. The summed E-state index contributed by atoms with van der Waals surface area (Å²) in [6.45, 7) is 7.26. The lowest BCUT2D eigenvalue weighted by atomic mass is 9.88. The molecule has 0 aliphatic carbocycles. The lowest BCUT2D eigenvalue weighted by molar-refractivity contribution is 0.128. The SMILES string of the molecule is CCNCC(Cc1ccc(OC)cc1)C(C)COC. The predicted octanol–water partition coefficient (Wildman–Crippen LogP) is 2.75. The summed E-state index contributed by atoms with van der Waals surface area (Å²) in [5.74, 6) is 2.05. The lowest BCUT2D eigenvalue weighted by Crippen LogP contribution is -2.30. The van der Waals surface area contributed by atoms with Gasteiger partial charge in [0.05, 0.1) is 7.11 Å². The maximum atomic E-state index is 5.29. The van der Waals surface area contributed by atoms with Crippen LogP contribution in [-0.2, 0) is 11.2 Å². The van der Waals surface area contributed by atoms with E-state index in [9.17, 15) is 0 Å². The normalized spacial score (nSPS) is 14.1. The highest BCUT2D eigenvalue weighted by atomic mass is 16.5. The van der Waals surface area contributed by atoms with Crippen LogP contribution >= 0.6 is 0 Å². The molecular formula is C16H27NO2. The molecule has 2 unspecified atom stereocenters. The van der Waals surface area contributed by atoms with Crippen molar-refractivity contribution in [2.45, 2.75) is 20.3 Å². The first-order valence-corrected chi connectivity index (χ1v) is 7.03. The van der Waals surface area contributed by atoms with Crippen LogP contribution in [0.4, 0.5) is 0 Å². The number of hydrogen-bond donors (Lipinski definition) is 1. The zero-order chi connectivity index (χ0) is 14.1. The van der Waals surface area contributed by atoms with E-state index in [1.165, 1.54) is 5.56 Å². The van der Waals surface area contributed by atoms with Crippen LogP contribution in [0.3, 0.4) is 0 Å². The van der Waals surface area contributed by atoms with Gasteiger partial charge < -0.3 is 14.8 Å². The van der Waals surface area contributed by atoms with E-state index >= 15 is 0 Å². The van der Waals surface area contributed by atoms with Gasteiger partial charge in [0.1, 0.15) is 5.75 Å². The van der Waals surface area contributed by atoms with Crippen molar-refractivity contribution in [1.82, 2.24) is 5.32 Å². The molecule has 0 aliphatic heterocycles. The summed E-state index contributed by atoms with van der Waals surface area (Å²) in [4.78, 5) is 0. The first-order valence-electron chi connectivity index (χ1n) is 7.03. The van der Waals surface area contributed by atoms with Crippen molar-refractivity contribution in [1.29, 1.82) is 0 Å². The van der Waals surface area contributed by atoms with E-state index in [1.807, 2.05) is 12.1 Å². The molecule has 1 N–H and O–H groups in total. The highest BCUT2D eigenvalue weighted by molar-refractivity contribution is 5.27. The number of ether oxygens (including phenoxy) is 2. The first kappa shape index (κ1) is 16.0. The van der Waals surface area contributed by atoms with Gasteiger partial charge in [-0.2, -0.15) is 0 Å². The molecule has 108 valence electrons. The van der Waals surface area contributed by atoms with Gasteiger partial charge in [-0.05, 0) is 49.0 Å². The molecule has 0 saturated carbocycles. The Morgan fingerprint density at radius 2 is 1.84 bits per heavy atom. The largest absolute Gasteiger partial charge is 0.497 e. The summed E-state index contributed by atoms with van der Waals surface area (Å²) in [7, 11) is 3.47. The minimum atomic E-state index is 0.547. The average Bonchev–Trinajstić information content (AvgIpc) is 2.44. The van der Waals surface area contributed by atoms with Crippen LogP contribution < -0.4 is 10.1 Å². The molecule has 3 heteroatoms. The third-order valence-electron chi connectivity index (χ3n) is 3.55. The van der Waals surface area contributed by atoms with E-state index < -0.39 is 0 Å².